The molecule has 0 bridgehead atoms. The minimum Gasteiger partial charge on any atom is -0.400 e. The molecule has 22 heavy (non-hydrogen) atoms. The third-order valence-electron chi connectivity index (χ3n) is 4.45. The number of hydrogen-bond acceptors (Lipinski definition) is 2. The van der Waals surface area contributed by atoms with Crippen LogP contribution in [0.2, 0.25) is 0 Å². The summed E-state index contributed by atoms with van der Waals surface area (Å²) in [5, 5.41) is 7.00. The van der Waals surface area contributed by atoms with E-state index >= 15 is 0 Å². The zero-order chi connectivity index (χ0) is 17.1. The van der Waals surface area contributed by atoms with Gasteiger partial charge in [0.15, 0.2) is 0 Å². The third-order valence-corrected chi connectivity index (χ3v) is 4.45. The molecule has 0 rings (SSSR count). The second-order valence-corrected chi connectivity index (χ2v) is 6.25. The summed E-state index contributed by atoms with van der Waals surface area (Å²) >= 11 is 0. The fourth-order valence-electron chi connectivity index (χ4n) is 2.94. The normalized spacial score (nSPS) is 11.7. The molecule has 0 aromatic carbocycles. The molecule has 134 valence electrons. The lowest BCUT2D eigenvalue weighted by Crippen LogP contribution is -2.12. The molecule has 0 aromatic rings. The van der Waals surface area contributed by atoms with Gasteiger partial charge in [-0.1, -0.05) is 91.4 Å². The molecule has 0 aliphatic rings. The summed E-state index contributed by atoms with van der Waals surface area (Å²) in [5.74, 6) is 0.818. The summed E-state index contributed by atoms with van der Waals surface area (Å²) < 4.78 is 0. The van der Waals surface area contributed by atoms with Crippen molar-refractivity contribution in [3.05, 3.63) is 0 Å². The number of Topliss-reactive ketones (excluding diaryl/α,β-unsaturated/α-hetero) is 1. The van der Waals surface area contributed by atoms with Gasteiger partial charge in [-0.15, -0.1) is 0 Å². The van der Waals surface area contributed by atoms with Crippen molar-refractivity contribution < 1.29 is 9.90 Å². The quantitative estimate of drug-likeness (QED) is 0.360. The standard InChI is InChI=1S/C19H38O.CH4O/c1-4-7-8-9-10-11-12-13-14-15-16-17-18(5-2)19(20)6-3;1-2/h18H,4-17H2,1-3H3;2H,1H3. The maximum atomic E-state index is 11.7. The topological polar surface area (TPSA) is 37.3 Å². The molecular weight excluding hydrogens is 272 g/mol. The highest BCUT2D eigenvalue weighted by atomic mass is 16.2. The number of aliphatic hydroxyl groups is 1. The minimum absolute atomic E-state index is 0.346. The number of aliphatic hydroxyl groups excluding tert-OH is 1. The van der Waals surface area contributed by atoms with Crippen LogP contribution in [0.1, 0.15) is 111 Å². The lowest BCUT2D eigenvalue weighted by atomic mass is 9.92. The van der Waals surface area contributed by atoms with E-state index in [1.807, 2.05) is 6.92 Å². The molecule has 2 heteroatoms. The summed E-state index contributed by atoms with van der Waals surface area (Å²) in [6.07, 6.45) is 18.1. The first-order valence-corrected chi connectivity index (χ1v) is 9.73. The van der Waals surface area contributed by atoms with E-state index in [4.69, 9.17) is 5.11 Å². The lowest BCUT2D eigenvalue weighted by molar-refractivity contribution is -0.122. The van der Waals surface area contributed by atoms with Crippen LogP contribution in [0.25, 0.3) is 0 Å². The highest BCUT2D eigenvalue weighted by Crippen LogP contribution is 2.17. The van der Waals surface area contributed by atoms with Gasteiger partial charge in [-0.2, -0.15) is 0 Å². The van der Waals surface area contributed by atoms with Gasteiger partial charge < -0.3 is 5.11 Å². The Morgan fingerprint density at radius 1 is 0.727 bits per heavy atom. The number of carbonyl (C=O) groups is 1. The van der Waals surface area contributed by atoms with Crippen molar-refractivity contribution in [1.29, 1.82) is 0 Å². The Balaban J connectivity index is 0. The Morgan fingerprint density at radius 3 is 1.50 bits per heavy atom. The maximum absolute atomic E-state index is 11.7. The molecule has 1 atom stereocenters. The zero-order valence-corrected chi connectivity index (χ0v) is 15.8. The Kier molecular flexibility index (Phi) is 22.4. The summed E-state index contributed by atoms with van der Waals surface area (Å²) in [6.45, 7) is 6.42. The van der Waals surface area contributed by atoms with E-state index < -0.39 is 0 Å². The SMILES string of the molecule is CCCCCCCCCCCCCC(CC)C(=O)CC.CO. The van der Waals surface area contributed by atoms with Crippen LogP contribution in [0.3, 0.4) is 0 Å². The molecule has 0 aromatic heterocycles. The summed E-state index contributed by atoms with van der Waals surface area (Å²) in [4.78, 5) is 11.7. The van der Waals surface area contributed by atoms with E-state index in [0.717, 1.165) is 26.4 Å². The number of ketones is 1. The molecule has 1 unspecified atom stereocenters. The van der Waals surface area contributed by atoms with Crippen LogP contribution in [0.15, 0.2) is 0 Å². The second-order valence-electron chi connectivity index (χ2n) is 6.25. The van der Waals surface area contributed by atoms with Crippen molar-refractivity contribution in [3.63, 3.8) is 0 Å². The molecule has 0 aliphatic heterocycles. The second kappa shape index (κ2) is 20.6. The molecule has 0 saturated carbocycles. The van der Waals surface area contributed by atoms with E-state index in [2.05, 4.69) is 13.8 Å². The number of carbonyl (C=O) groups excluding carboxylic acids is 1. The predicted molar refractivity (Wildman–Crippen MR) is 98.3 cm³/mol. The first-order valence-electron chi connectivity index (χ1n) is 9.73. The van der Waals surface area contributed by atoms with Gasteiger partial charge in [-0.05, 0) is 12.8 Å². The number of rotatable bonds is 15. The summed E-state index contributed by atoms with van der Waals surface area (Å²) in [6, 6.07) is 0. The fourth-order valence-corrected chi connectivity index (χ4v) is 2.94. The van der Waals surface area contributed by atoms with E-state index in [9.17, 15) is 4.79 Å². The van der Waals surface area contributed by atoms with Gasteiger partial charge in [0.25, 0.3) is 0 Å². The van der Waals surface area contributed by atoms with Crippen molar-refractivity contribution in [2.75, 3.05) is 7.11 Å². The molecule has 0 saturated heterocycles. The first kappa shape index (κ1) is 23.9. The van der Waals surface area contributed by atoms with Gasteiger partial charge in [0.2, 0.25) is 0 Å². The molecule has 0 spiro atoms. The average molecular weight is 315 g/mol. The van der Waals surface area contributed by atoms with Crippen LogP contribution >= 0.6 is 0 Å². The monoisotopic (exact) mass is 314 g/mol. The van der Waals surface area contributed by atoms with Gasteiger partial charge in [0.05, 0.1) is 0 Å². The van der Waals surface area contributed by atoms with Crippen LogP contribution in [0, 0.1) is 5.92 Å². The van der Waals surface area contributed by atoms with Gasteiger partial charge >= 0.3 is 0 Å². The Morgan fingerprint density at radius 2 is 1.14 bits per heavy atom. The van der Waals surface area contributed by atoms with Crippen molar-refractivity contribution >= 4 is 5.78 Å². The van der Waals surface area contributed by atoms with E-state index in [1.54, 1.807) is 0 Å². The molecule has 0 heterocycles. The Bertz CT molecular complexity index is 214. The fraction of sp³-hybridized carbons (Fsp3) is 0.950. The van der Waals surface area contributed by atoms with Gasteiger partial charge in [-0.3, -0.25) is 4.79 Å². The van der Waals surface area contributed by atoms with Crippen LogP contribution in [-0.4, -0.2) is 18.0 Å². The van der Waals surface area contributed by atoms with Gasteiger partial charge in [-0.25, -0.2) is 0 Å². The van der Waals surface area contributed by atoms with Gasteiger partial charge in [0.1, 0.15) is 5.78 Å². The van der Waals surface area contributed by atoms with Crippen LogP contribution in [0.5, 0.6) is 0 Å². The Labute approximate surface area is 140 Å². The van der Waals surface area contributed by atoms with Crippen molar-refractivity contribution in [2.24, 2.45) is 5.92 Å². The molecular formula is C20H42O2. The van der Waals surface area contributed by atoms with Crippen molar-refractivity contribution in [2.45, 2.75) is 111 Å². The highest BCUT2D eigenvalue weighted by molar-refractivity contribution is 5.80. The van der Waals surface area contributed by atoms with E-state index in [0.29, 0.717) is 11.7 Å². The first-order chi connectivity index (χ1) is 10.8. The van der Waals surface area contributed by atoms with E-state index in [-0.39, 0.29) is 0 Å². The van der Waals surface area contributed by atoms with Crippen molar-refractivity contribution in [1.82, 2.24) is 0 Å². The van der Waals surface area contributed by atoms with Crippen LogP contribution in [-0.2, 0) is 4.79 Å². The maximum Gasteiger partial charge on any atom is 0.135 e. The van der Waals surface area contributed by atoms with E-state index in [1.165, 1.54) is 70.6 Å². The third kappa shape index (κ3) is 16.0. The minimum atomic E-state index is 0.346. The summed E-state index contributed by atoms with van der Waals surface area (Å²) in [5.41, 5.74) is 0. The Hall–Kier alpha value is -0.370. The molecule has 2 nitrogen and oxygen atoms in total. The van der Waals surface area contributed by atoms with Crippen molar-refractivity contribution in [3.8, 4) is 0 Å². The zero-order valence-electron chi connectivity index (χ0n) is 15.8. The number of unbranched alkanes of at least 4 members (excludes halogenated alkanes) is 10. The lowest BCUT2D eigenvalue weighted by Gasteiger charge is -2.12. The van der Waals surface area contributed by atoms with Crippen LogP contribution < -0.4 is 0 Å². The molecule has 0 fully saturated rings. The van der Waals surface area contributed by atoms with Gasteiger partial charge in [0, 0.05) is 19.4 Å². The average Bonchev–Trinajstić information content (AvgIpc) is 2.57. The largest absolute Gasteiger partial charge is 0.400 e. The smallest absolute Gasteiger partial charge is 0.135 e. The molecule has 0 amide bonds. The van der Waals surface area contributed by atoms with Crippen LogP contribution in [0.4, 0.5) is 0 Å². The summed E-state index contributed by atoms with van der Waals surface area (Å²) in [7, 11) is 1.00. The molecule has 0 aliphatic carbocycles. The molecule has 1 N–H and O–H groups in total. The number of hydrogen-bond donors (Lipinski definition) is 1. The highest BCUT2D eigenvalue weighted by Gasteiger charge is 2.13. The molecule has 0 radical (unpaired) electrons. The predicted octanol–water partition coefficient (Wildman–Crippen LogP) is 6.30.